The van der Waals surface area contributed by atoms with Crippen LogP contribution in [-0.2, 0) is 4.79 Å². The SMILES string of the molecule is O=C(O)C1(NC2CC2)CCC(Sc2nccs2)C1. The average Bonchev–Trinajstić information content (AvgIpc) is 2.84. The molecule has 0 aliphatic heterocycles. The lowest BCUT2D eigenvalue weighted by Crippen LogP contribution is -2.51. The fourth-order valence-electron chi connectivity index (χ4n) is 2.52. The van der Waals surface area contributed by atoms with Crippen molar-refractivity contribution >= 4 is 29.1 Å². The van der Waals surface area contributed by atoms with Crippen LogP contribution >= 0.6 is 23.1 Å². The van der Waals surface area contributed by atoms with Crippen molar-refractivity contribution in [1.29, 1.82) is 0 Å². The summed E-state index contributed by atoms with van der Waals surface area (Å²) in [7, 11) is 0. The van der Waals surface area contributed by atoms with Gasteiger partial charge < -0.3 is 5.11 Å². The molecule has 4 nitrogen and oxygen atoms in total. The Morgan fingerprint density at radius 2 is 2.39 bits per heavy atom. The quantitative estimate of drug-likeness (QED) is 0.869. The van der Waals surface area contributed by atoms with Gasteiger partial charge in [-0.25, -0.2) is 4.98 Å². The number of aliphatic carboxylic acids is 1. The zero-order chi connectivity index (χ0) is 12.6. The number of hydrogen-bond donors (Lipinski definition) is 2. The molecule has 2 N–H and O–H groups in total. The summed E-state index contributed by atoms with van der Waals surface area (Å²) < 4.78 is 1.05. The lowest BCUT2D eigenvalue weighted by molar-refractivity contribution is -0.144. The molecule has 0 spiro atoms. The van der Waals surface area contributed by atoms with Crippen LogP contribution in [0.3, 0.4) is 0 Å². The minimum atomic E-state index is -0.684. The van der Waals surface area contributed by atoms with Crippen LogP contribution in [-0.4, -0.2) is 32.9 Å². The van der Waals surface area contributed by atoms with E-state index in [2.05, 4.69) is 10.3 Å². The summed E-state index contributed by atoms with van der Waals surface area (Å²) in [6.45, 7) is 0. The van der Waals surface area contributed by atoms with Gasteiger partial charge in [0, 0.05) is 22.9 Å². The zero-order valence-electron chi connectivity index (χ0n) is 9.96. The molecular formula is C12H16N2O2S2. The van der Waals surface area contributed by atoms with Gasteiger partial charge in [-0.3, -0.25) is 10.1 Å². The molecule has 1 aromatic heterocycles. The molecule has 2 aliphatic carbocycles. The van der Waals surface area contributed by atoms with E-state index in [1.807, 2.05) is 5.38 Å². The molecule has 1 aromatic rings. The Morgan fingerprint density at radius 3 is 3.00 bits per heavy atom. The molecule has 2 saturated carbocycles. The van der Waals surface area contributed by atoms with E-state index in [1.165, 1.54) is 0 Å². The summed E-state index contributed by atoms with van der Waals surface area (Å²) in [6.07, 6.45) is 6.45. The first-order chi connectivity index (χ1) is 8.68. The summed E-state index contributed by atoms with van der Waals surface area (Å²) in [4.78, 5) is 15.8. The Bertz CT molecular complexity index is 433. The maximum atomic E-state index is 11.6. The second-order valence-corrected chi connectivity index (χ2v) is 7.53. The van der Waals surface area contributed by atoms with Crippen LogP contribution in [0, 0.1) is 0 Å². The van der Waals surface area contributed by atoms with Crippen molar-refractivity contribution in [2.75, 3.05) is 0 Å². The highest BCUT2D eigenvalue weighted by molar-refractivity contribution is 8.01. The number of aromatic nitrogens is 1. The number of nitrogens with one attached hydrogen (secondary N) is 1. The fourth-order valence-corrected chi connectivity index (χ4v) is 4.68. The minimum absolute atomic E-state index is 0.374. The molecule has 0 saturated heterocycles. The zero-order valence-corrected chi connectivity index (χ0v) is 11.6. The Balaban J connectivity index is 1.65. The molecule has 0 amide bonds. The predicted octanol–water partition coefficient (Wildman–Crippen LogP) is 2.36. The topological polar surface area (TPSA) is 62.2 Å². The van der Waals surface area contributed by atoms with E-state index in [9.17, 15) is 9.90 Å². The van der Waals surface area contributed by atoms with Gasteiger partial charge in [0.1, 0.15) is 9.88 Å². The molecule has 0 radical (unpaired) electrons. The van der Waals surface area contributed by atoms with Gasteiger partial charge in [0.05, 0.1) is 0 Å². The van der Waals surface area contributed by atoms with Gasteiger partial charge in [-0.05, 0) is 32.1 Å². The summed E-state index contributed by atoms with van der Waals surface area (Å²) in [6, 6.07) is 0.435. The van der Waals surface area contributed by atoms with Gasteiger partial charge in [-0.2, -0.15) is 0 Å². The van der Waals surface area contributed by atoms with Crippen molar-refractivity contribution in [2.24, 2.45) is 0 Å². The number of carbonyl (C=O) groups is 1. The maximum Gasteiger partial charge on any atom is 0.323 e. The lowest BCUT2D eigenvalue weighted by Gasteiger charge is -2.25. The van der Waals surface area contributed by atoms with Crippen molar-refractivity contribution in [3.05, 3.63) is 11.6 Å². The molecule has 1 heterocycles. The molecule has 2 aliphatic rings. The predicted molar refractivity (Wildman–Crippen MR) is 72.1 cm³/mol. The van der Waals surface area contributed by atoms with Gasteiger partial charge in [0.25, 0.3) is 0 Å². The highest BCUT2D eigenvalue weighted by Crippen LogP contribution is 2.42. The highest BCUT2D eigenvalue weighted by atomic mass is 32.2. The third kappa shape index (κ3) is 2.55. The lowest BCUT2D eigenvalue weighted by atomic mass is 9.98. The van der Waals surface area contributed by atoms with Gasteiger partial charge >= 0.3 is 5.97 Å². The van der Waals surface area contributed by atoms with Crippen molar-refractivity contribution in [3.63, 3.8) is 0 Å². The second-order valence-electron chi connectivity index (χ2n) is 5.09. The number of hydrogen-bond acceptors (Lipinski definition) is 5. The molecule has 18 heavy (non-hydrogen) atoms. The van der Waals surface area contributed by atoms with Crippen molar-refractivity contribution < 1.29 is 9.90 Å². The molecule has 6 heteroatoms. The van der Waals surface area contributed by atoms with E-state index < -0.39 is 11.5 Å². The number of carboxylic acids is 1. The number of carboxylic acid groups (broad SMARTS) is 1. The average molecular weight is 284 g/mol. The minimum Gasteiger partial charge on any atom is -0.480 e. The van der Waals surface area contributed by atoms with Crippen molar-refractivity contribution in [3.8, 4) is 0 Å². The smallest absolute Gasteiger partial charge is 0.323 e. The molecular weight excluding hydrogens is 268 g/mol. The first-order valence-corrected chi connectivity index (χ1v) is 8.01. The van der Waals surface area contributed by atoms with E-state index in [1.54, 1.807) is 29.3 Å². The Kier molecular flexibility index (Phi) is 3.34. The summed E-state index contributed by atoms with van der Waals surface area (Å²) in [5, 5.41) is 15.2. The Labute approximate surface area is 114 Å². The molecule has 2 fully saturated rings. The van der Waals surface area contributed by atoms with E-state index in [-0.39, 0.29) is 0 Å². The van der Waals surface area contributed by atoms with Crippen LogP contribution in [0.15, 0.2) is 15.9 Å². The van der Waals surface area contributed by atoms with Gasteiger partial charge in [0.15, 0.2) is 0 Å². The number of thioether (sulfide) groups is 1. The van der Waals surface area contributed by atoms with Crippen LogP contribution in [0.2, 0.25) is 0 Å². The fraction of sp³-hybridized carbons (Fsp3) is 0.667. The van der Waals surface area contributed by atoms with Gasteiger partial charge in [-0.15, -0.1) is 11.3 Å². The van der Waals surface area contributed by atoms with E-state index in [0.29, 0.717) is 17.7 Å². The molecule has 3 rings (SSSR count). The van der Waals surface area contributed by atoms with Gasteiger partial charge in [-0.1, -0.05) is 11.8 Å². The summed E-state index contributed by atoms with van der Waals surface area (Å²) in [5.74, 6) is -0.684. The number of nitrogens with zero attached hydrogens (tertiary/aromatic N) is 1. The van der Waals surface area contributed by atoms with Crippen LogP contribution in [0.5, 0.6) is 0 Å². The van der Waals surface area contributed by atoms with E-state index in [4.69, 9.17) is 0 Å². The molecule has 0 bridgehead atoms. The van der Waals surface area contributed by atoms with Crippen LogP contribution in [0.25, 0.3) is 0 Å². The monoisotopic (exact) mass is 284 g/mol. The Morgan fingerprint density at radius 1 is 1.56 bits per heavy atom. The largest absolute Gasteiger partial charge is 0.480 e. The second kappa shape index (κ2) is 4.83. The first-order valence-electron chi connectivity index (χ1n) is 6.25. The maximum absolute atomic E-state index is 11.6. The van der Waals surface area contributed by atoms with Crippen LogP contribution < -0.4 is 5.32 Å². The third-order valence-corrected chi connectivity index (χ3v) is 5.80. The third-order valence-electron chi connectivity index (χ3n) is 3.61. The Hall–Kier alpha value is -0.590. The standard InChI is InChI=1S/C12H16N2O2S2/c15-10(16)12(14-8-1-2-8)4-3-9(7-12)18-11-13-5-6-17-11/h5-6,8-9,14H,1-4,7H2,(H,15,16). The molecule has 0 aromatic carbocycles. The molecule has 98 valence electrons. The summed E-state index contributed by atoms with van der Waals surface area (Å²) >= 11 is 3.36. The van der Waals surface area contributed by atoms with Crippen LogP contribution in [0.1, 0.15) is 32.1 Å². The highest BCUT2D eigenvalue weighted by Gasteiger charge is 2.48. The number of rotatable bonds is 5. The van der Waals surface area contributed by atoms with Gasteiger partial charge in [0.2, 0.25) is 0 Å². The molecule has 2 unspecified atom stereocenters. The van der Waals surface area contributed by atoms with E-state index in [0.717, 1.165) is 30.0 Å². The summed E-state index contributed by atoms with van der Waals surface area (Å²) in [5.41, 5.74) is -0.684. The number of thiazole rings is 1. The molecule has 2 atom stereocenters. The van der Waals surface area contributed by atoms with E-state index >= 15 is 0 Å². The normalized spacial score (nSPS) is 31.7. The van der Waals surface area contributed by atoms with Crippen molar-refractivity contribution in [2.45, 2.75) is 53.3 Å². The van der Waals surface area contributed by atoms with Crippen LogP contribution in [0.4, 0.5) is 0 Å². The first kappa shape index (κ1) is 12.4. The van der Waals surface area contributed by atoms with Crippen molar-refractivity contribution in [1.82, 2.24) is 10.3 Å².